The molecular formula is C17H36ClN. The largest absolute Gasteiger partial charge is 0.330 e. The highest BCUT2D eigenvalue weighted by Gasteiger charge is 2.24. The van der Waals surface area contributed by atoms with Crippen LogP contribution in [0, 0.1) is 0 Å². The van der Waals surface area contributed by atoms with E-state index in [1.54, 1.807) is 0 Å². The summed E-state index contributed by atoms with van der Waals surface area (Å²) in [6.07, 6.45) is 16.6. The van der Waals surface area contributed by atoms with Crippen LogP contribution in [0.3, 0.4) is 0 Å². The Bertz CT molecular complexity index is 168. The SMILES string of the molecule is CCCCCCCC(Cl)(CCN)CCCCCCC. The number of nitrogens with two attached hydrogens (primary N) is 1. The highest BCUT2D eigenvalue weighted by atomic mass is 35.5. The van der Waals surface area contributed by atoms with E-state index in [9.17, 15) is 0 Å². The molecule has 0 radical (unpaired) electrons. The van der Waals surface area contributed by atoms with Gasteiger partial charge in [0.1, 0.15) is 0 Å². The first kappa shape index (κ1) is 19.2. The minimum Gasteiger partial charge on any atom is -0.330 e. The van der Waals surface area contributed by atoms with Gasteiger partial charge in [0.15, 0.2) is 0 Å². The molecule has 0 aromatic heterocycles. The molecule has 0 saturated carbocycles. The molecule has 116 valence electrons. The summed E-state index contributed by atoms with van der Waals surface area (Å²) in [6.45, 7) is 5.25. The minimum absolute atomic E-state index is 0.00677. The fraction of sp³-hybridized carbons (Fsp3) is 1.00. The molecule has 19 heavy (non-hydrogen) atoms. The van der Waals surface area contributed by atoms with E-state index in [0.717, 1.165) is 25.8 Å². The van der Waals surface area contributed by atoms with Crippen molar-refractivity contribution in [1.29, 1.82) is 0 Å². The number of unbranched alkanes of at least 4 members (excludes halogenated alkanes) is 8. The van der Waals surface area contributed by atoms with Gasteiger partial charge in [0, 0.05) is 4.87 Å². The van der Waals surface area contributed by atoms with Crippen LogP contribution in [-0.2, 0) is 0 Å². The van der Waals surface area contributed by atoms with Crippen LogP contribution in [-0.4, -0.2) is 11.4 Å². The number of hydrogen-bond donors (Lipinski definition) is 1. The first-order valence-corrected chi connectivity index (χ1v) is 8.95. The minimum atomic E-state index is -0.00677. The van der Waals surface area contributed by atoms with E-state index in [0.29, 0.717) is 0 Å². The van der Waals surface area contributed by atoms with Gasteiger partial charge in [-0.2, -0.15) is 0 Å². The van der Waals surface area contributed by atoms with Gasteiger partial charge in [0.25, 0.3) is 0 Å². The van der Waals surface area contributed by atoms with Crippen molar-refractivity contribution in [2.45, 2.75) is 102 Å². The Labute approximate surface area is 126 Å². The van der Waals surface area contributed by atoms with Crippen LogP contribution in [0.5, 0.6) is 0 Å². The first-order valence-electron chi connectivity index (χ1n) is 8.57. The number of hydrogen-bond acceptors (Lipinski definition) is 1. The first-order chi connectivity index (χ1) is 9.18. The molecule has 0 rings (SSSR count). The Balaban J connectivity index is 3.76. The molecule has 0 bridgehead atoms. The van der Waals surface area contributed by atoms with Crippen LogP contribution in [0.1, 0.15) is 97.3 Å². The average molecular weight is 290 g/mol. The van der Waals surface area contributed by atoms with Gasteiger partial charge in [-0.15, -0.1) is 11.6 Å². The zero-order valence-electron chi connectivity index (χ0n) is 13.4. The standard InChI is InChI=1S/C17H36ClN/c1-3-5-7-9-11-13-17(18,15-16-19)14-12-10-8-6-4-2/h3-16,19H2,1-2H3. The molecular weight excluding hydrogens is 254 g/mol. The third kappa shape index (κ3) is 11.8. The van der Waals surface area contributed by atoms with Gasteiger partial charge >= 0.3 is 0 Å². The van der Waals surface area contributed by atoms with E-state index < -0.39 is 0 Å². The van der Waals surface area contributed by atoms with Gasteiger partial charge < -0.3 is 5.73 Å². The molecule has 0 spiro atoms. The summed E-state index contributed by atoms with van der Waals surface area (Å²) >= 11 is 6.79. The fourth-order valence-electron chi connectivity index (χ4n) is 2.72. The van der Waals surface area contributed by atoms with Crippen molar-refractivity contribution in [3.05, 3.63) is 0 Å². The lowest BCUT2D eigenvalue weighted by atomic mass is 9.90. The predicted octanol–water partition coefficient (Wildman–Crippen LogP) is 6.03. The molecule has 0 fully saturated rings. The van der Waals surface area contributed by atoms with Gasteiger partial charge in [-0.25, -0.2) is 0 Å². The monoisotopic (exact) mass is 289 g/mol. The van der Waals surface area contributed by atoms with E-state index >= 15 is 0 Å². The molecule has 0 heterocycles. The third-order valence-corrected chi connectivity index (χ3v) is 4.62. The summed E-state index contributed by atoms with van der Waals surface area (Å²) in [7, 11) is 0. The van der Waals surface area contributed by atoms with Gasteiger partial charge in [-0.05, 0) is 25.8 Å². The zero-order valence-corrected chi connectivity index (χ0v) is 14.1. The Kier molecular flexibility index (Phi) is 13.4. The zero-order chi connectivity index (χ0) is 14.4. The summed E-state index contributed by atoms with van der Waals surface area (Å²) in [5.74, 6) is 0. The molecule has 0 aromatic rings. The maximum Gasteiger partial charge on any atom is 0.0458 e. The van der Waals surface area contributed by atoms with E-state index in [-0.39, 0.29) is 4.87 Å². The fourth-order valence-corrected chi connectivity index (χ4v) is 3.10. The highest BCUT2D eigenvalue weighted by molar-refractivity contribution is 6.23. The highest BCUT2D eigenvalue weighted by Crippen LogP contribution is 2.32. The second-order valence-corrected chi connectivity index (χ2v) is 6.82. The van der Waals surface area contributed by atoms with E-state index in [2.05, 4.69) is 13.8 Å². The maximum absolute atomic E-state index is 6.79. The Hall–Kier alpha value is 0.250. The summed E-state index contributed by atoms with van der Waals surface area (Å²) in [5.41, 5.74) is 5.73. The predicted molar refractivity (Wildman–Crippen MR) is 89.0 cm³/mol. The van der Waals surface area contributed by atoms with Crippen LogP contribution in [0.4, 0.5) is 0 Å². The van der Waals surface area contributed by atoms with E-state index in [1.807, 2.05) is 0 Å². The van der Waals surface area contributed by atoms with Crippen molar-refractivity contribution in [3.63, 3.8) is 0 Å². The van der Waals surface area contributed by atoms with Crippen LogP contribution >= 0.6 is 11.6 Å². The van der Waals surface area contributed by atoms with Gasteiger partial charge in [0.2, 0.25) is 0 Å². The smallest absolute Gasteiger partial charge is 0.0458 e. The average Bonchev–Trinajstić information content (AvgIpc) is 2.39. The van der Waals surface area contributed by atoms with Crippen LogP contribution in [0.15, 0.2) is 0 Å². The van der Waals surface area contributed by atoms with Crippen molar-refractivity contribution in [2.24, 2.45) is 5.73 Å². The van der Waals surface area contributed by atoms with E-state index in [4.69, 9.17) is 17.3 Å². The Morgan fingerprint density at radius 3 is 1.47 bits per heavy atom. The Morgan fingerprint density at radius 1 is 0.684 bits per heavy atom. The van der Waals surface area contributed by atoms with E-state index in [1.165, 1.54) is 64.2 Å². The molecule has 0 aliphatic heterocycles. The lowest BCUT2D eigenvalue weighted by Crippen LogP contribution is -2.25. The Morgan fingerprint density at radius 2 is 1.11 bits per heavy atom. The van der Waals surface area contributed by atoms with Gasteiger partial charge in [-0.1, -0.05) is 78.1 Å². The number of rotatable bonds is 14. The van der Waals surface area contributed by atoms with Crippen molar-refractivity contribution in [3.8, 4) is 0 Å². The van der Waals surface area contributed by atoms with Crippen LogP contribution < -0.4 is 5.73 Å². The van der Waals surface area contributed by atoms with Crippen molar-refractivity contribution >= 4 is 11.6 Å². The molecule has 0 aromatic carbocycles. The van der Waals surface area contributed by atoms with Gasteiger partial charge in [-0.3, -0.25) is 0 Å². The maximum atomic E-state index is 6.79. The molecule has 0 aliphatic carbocycles. The second kappa shape index (κ2) is 13.2. The molecule has 2 heteroatoms. The van der Waals surface area contributed by atoms with Crippen molar-refractivity contribution < 1.29 is 0 Å². The molecule has 2 N–H and O–H groups in total. The van der Waals surface area contributed by atoms with Crippen molar-refractivity contribution in [2.75, 3.05) is 6.54 Å². The summed E-state index contributed by atoms with van der Waals surface area (Å²) in [4.78, 5) is -0.00677. The third-order valence-electron chi connectivity index (χ3n) is 4.05. The summed E-state index contributed by atoms with van der Waals surface area (Å²) in [6, 6.07) is 0. The van der Waals surface area contributed by atoms with Gasteiger partial charge in [0.05, 0.1) is 0 Å². The lowest BCUT2D eigenvalue weighted by molar-refractivity contribution is 0.417. The molecule has 0 aliphatic rings. The number of alkyl halides is 1. The lowest BCUT2D eigenvalue weighted by Gasteiger charge is -2.27. The molecule has 0 saturated heterocycles. The number of halogens is 1. The second-order valence-electron chi connectivity index (χ2n) is 6.02. The summed E-state index contributed by atoms with van der Waals surface area (Å²) in [5, 5.41) is 0. The molecule has 1 nitrogen and oxygen atoms in total. The van der Waals surface area contributed by atoms with Crippen LogP contribution in [0.25, 0.3) is 0 Å². The summed E-state index contributed by atoms with van der Waals surface area (Å²) < 4.78 is 0. The molecule has 0 atom stereocenters. The van der Waals surface area contributed by atoms with Crippen molar-refractivity contribution in [1.82, 2.24) is 0 Å². The molecule has 0 amide bonds. The quantitative estimate of drug-likeness (QED) is 0.306. The van der Waals surface area contributed by atoms with Crippen LogP contribution in [0.2, 0.25) is 0 Å². The molecule has 0 unspecified atom stereocenters. The normalized spacial score (nSPS) is 12.0. The topological polar surface area (TPSA) is 26.0 Å².